The first kappa shape index (κ1) is 21.5. The summed E-state index contributed by atoms with van der Waals surface area (Å²) in [6.45, 7) is 5.07. The zero-order valence-corrected chi connectivity index (χ0v) is 18.9. The SMILES string of the molecule is O=C(NCCCN1CCN(c2ccc(F)cc2)CC1)c1cc(=O)n2c(nc3ccccc32)s1. The largest absolute Gasteiger partial charge is 0.369 e. The minimum Gasteiger partial charge on any atom is -0.369 e. The van der Waals surface area contributed by atoms with E-state index in [1.54, 1.807) is 4.40 Å². The van der Waals surface area contributed by atoms with Crippen LogP contribution in [0.3, 0.4) is 0 Å². The van der Waals surface area contributed by atoms with Crippen molar-refractivity contribution in [3.8, 4) is 0 Å². The van der Waals surface area contributed by atoms with Crippen molar-refractivity contribution in [3.63, 3.8) is 0 Å². The van der Waals surface area contributed by atoms with E-state index in [1.165, 1.54) is 29.5 Å². The molecule has 5 rings (SSSR count). The molecule has 7 nitrogen and oxygen atoms in total. The zero-order valence-electron chi connectivity index (χ0n) is 18.0. The molecule has 0 aliphatic carbocycles. The van der Waals surface area contributed by atoms with Gasteiger partial charge in [0.25, 0.3) is 11.5 Å². The van der Waals surface area contributed by atoms with E-state index in [0.29, 0.717) is 16.4 Å². The minimum atomic E-state index is -0.248. The molecule has 1 fully saturated rings. The Morgan fingerprint density at radius 2 is 1.82 bits per heavy atom. The molecule has 0 bridgehead atoms. The summed E-state index contributed by atoms with van der Waals surface area (Å²) in [7, 11) is 0. The van der Waals surface area contributed by atoms with Crippen molar-refractivity contribution in [1.82, 2.24) is 19.6 Å². The Bertz CT molecular complexity index is 1340. The lowest BCUT2D eigenvalue weighted by atomic mass is 10.2. The molecule has 0 unspecified atom stereocenters. The minimum absolute atomic E-state index is 0.218. The number of nitrogens with one attached hydrogen (secondary N) is 1. The lowest BCUT2D eigenvalue weighted by molar-refractivity contribution is 0.0955. The molecule has 1 aliphatic heterocycles. The van der Waals surface area contributed by atoms with Gasteiger partial charge in [-0.15, -0.1) is 0 Å². The highest BCUT2D eigenvalue weighted by molar-refractivity contribution is 7.18. The highest BCUT2D eigenvalue weighted by atomic mass is 32.1. The van der Waals surface area contributed by atoms with Crippen molar-refractivity contribution in [1.29, 1.82) is 0 Å². The van der Waals surface area contributed by atoms with E-state index in [1.807, 2.05) is 36.4 Å². The lowest BCUT2D eigenvalue weighted by Crippen LogP contribution is -2.47. The van der Waals surface area contributed by atoms with Gasteiger partial charge in [0.2, 0.25) is 0 Å². The van der Waals surface area contributed by atoms with Crippen molar-refractivity contribution < 1.29 is 9.18 Å². The van der Waals surface area contributed by atoms with Gasteiger partial charge in [-0.1, -0.05) is 23.5 Å². The molecule has 0 atom stereocenters. The number of hydrogen-bond acceptors (Lipinski definition) is 6. The number of hydrogen-bond donors (Lipinski definition) is 1. The Labute approximate surface area is 194 Å². The molecular formula is C24H24FN5O2S. The molecule has 0 saturated carbocycles. The van der Waals surface area contributed by atoms with Gasteiger partial charge in [0.05, 0.1) is 11.0 Å². The Hall–Kier alpha value is -3.30. The number of benzene rings is 2. The summed E-state index contributed by atoms with van der Waals surface area (Å²) in [6.07, 6.45) is 0.826. The van der Waals surface area contributed by atoms with Crippen LogP contribution in [-0.4, -0.2) is 59.5 Å². The maximum absolute atomic E-state index is 13.1. The quantitative estimate of drug-likeness (QED) is 0.444. The number of imidazole rings is 1. The van der Waals surface area contributed by atoms with Crippen LogP contribution in [0.25, 0.3) is 16.0 Å². The summed E-state index contributed by atoms with van der Waals surface area (Å²) in [4.78, 5) is 35.2. The van der Waals surface area contributed by atoms with Crippen LogP contribution >= 0.6 is 11.3 Å². The van der Waals surface area contributed by atoms with Gasteiger partial charge in [0, 0.05) is 44.5 Å². The number of amides is 1. The van der Waals surface area contributed by atoms with Gasteiger partial charge < -0.3 is 10.2 Å². The Kier molecular flexibility index (Phi) is 6.06. The molecule has 9 heteroatoms. The van der Waals surface area contributed by atoms with E-state index in [2.05, 4.69) is 20.1 Å². The van der Waals surface area contributed by atoms with Gasteiger partial charge in [0.1, 0.15) is 10.7 Å². The molecule has 33 heavy (non-hydrogen) atoms. The molecular weight excluding hydrogens is 441 g/mol. The molecule has 2 aromatic carbocycles. The summed E-state index contributed by atoms with van der Waals surface area (Å²) >= 11 is 1.22. The van der Waals surface area contributed by atoms with Gasteiger partial charge in [-0.3, -0.25) is 18.9 Å². The predicted molar refractivity (Wildman–Crippen MR) is 129 cm³/mol. The second-order valence-electron chi connectivity index (χ2n) is 8.08. The highest BCUT2D eigenvalue weighted by Crippen LogP contribution is 2.19. The number of carbonyl (C=O) groups is 1. The van der Waals surface area contributed by atoms with Crippen LogP contribution in [0.4, 0.5) is 10.1 Å². The van der Waals surface area contributed by atoms with Crippen LogP contribution in [0.2, 0.25) is 0 Å². The molecule has 4 aromatic rings. The third kappa shape index (κ3) is 4.60. The summed E-state index contributed by atoms with van der Waals surface area (Å²) in [5.74, 6) is -0.461. The Morgan fingerprint density at radius 1 is 1.06 bits per heavy atom. The van der Waals surface area contributed by atoms with Crippen molar-refractivity contribution in [2.24, 2.45) is 0 Å². The lowest BCUT2D eigenvalue weighted by Gasteiger charge is -2.36. The number of rotatable bonds is 6. The maximum atomic E-state index is 13.1. The zero-order chi connectivity index (χ0) is 22.8. The molecule has 1 aliphatic rings. The van der Waals surface area contributed by atoms with E-state index in [9.17, 15) is 14.0 Å². The van der Waals surface area contributed by atoms with Crippen molar-refractivity contribution in [2.75, 3.05) is 44.2 Å². The van der Waals surface area contributed by atoms with E-state index in [4.69, 9.17) is 0 Å². The number of nitrogens with zero attached hydrogens (tertiary/aromatic N) is 4. The smallest absolute Gasteiger partial charge is 0.261 e. The summed E-state index contributed by atoms with van der Waals surface area (Å²) in [5, 5.41) is 2.93. The van der Waals surface area contributed by atoms with E-state index < -0.39 is 0 Å². The standard InChI is InChI=1S/C24H24FN5O2S/c25-17-6-8-18(9-7-17)29-14-12-28(13-15-29)11-3-10-26-23(32)21-16-22(31)30-20-5-2-1-4-19(20)27-24(30)33-21/h1-2,4-9,16H,3,10-15H2,(H,26,32). The average Bonchev–Trinajstić information content (AvgIpc) is 3.22. The van der Waals surface area contributed by atoms with Gasteiger partial charge >= 0.3 is 0 Å². The summed E-state index contributed by atoms with van der Waals surface area (Å²) in [5.41, 5.74) is 2.29. The second-order valence-corrected chi connectivity index (χ2v) is 9.09. The fraction of sp³-hybridized carbons (Fsp3) is 0.292. The average molecular weight is 466 g/mol. The maximum Gasteiger partial charge on any atom is 0.261 e. The highest BCUT2D eigenvalue weighted by Gasteiger charge is 2.17. The van der Waals surface area contributed by atoms with Gasteiger partial charge in [-0.2, -0.15) is 0 Å². The van der Waals surface area contributed by atoms with Crippen molar-refractivity contribution in [2.45, 2.75) is 6.42 Å². The normalized spacial score (nSPS) is 14.8. The molecule has 3 heterocycles. The first-order chi connectivity index (χ1) is 16.1. The molecule has 1 amide bonds. The van der Waals surface area contributed by atoms with Crippen LogP contribution in [0.1, 0.15) is 16.1 Å². The van der Waals surface area contributed by atoms with Crippen LogP contribution in [0.5, 0.6) is 0 Å². The number of halogens is 1. The van der Waals surface area contributed by atoms with Gasteiger partial charge in [0.15, 0.2) is 4.96 Å². The molecule has 1 N–H and O–H groups in total. The number of carbonyl (C=O) groups excluding carboxylic acids is 1. The van der Waals surface area contributed by atoms with E-state index >= 15 is 0 Å². The molecule has 170 valence electrons. The van der Waals surface area contributed by atoms with E-state index in [-0.39, 0.29) is 17.3 Å². The van der Waals surface area contributed by atoms with E-state index in [0.717, 1.165) is 55.9 Å². The van der Waals surface area contributed by atoms with Crippen LogP contribution in [-0.2, 0) is 0 Å². The monoisotopic (exact) mass is 465 g/mol. The van der Waals surface area contributed by atoms with Gasteiger partial charge in [-0.25, -0.2) is 9.37 Å². The number of piperazine rings is 1. The van der Waals surface area contributed by atoms with Crippen LogP contribution in [0, 0.1) is 5.82 Å². The summed E-state index contributed by atoms with van der Waals surface area (Å²) < 4.78 is 14.7. The fourth-order valence-electron chi connectivity index (χ4n) is 4.18. The molecule has 2 aromatic heterocycles. The van der Waals surface area contributed by atoms with Crippen molar-refractivity contribution in [3.05, 3.63) is 75.6 Å². The van der Waals surface area contributed by atoms with Crippen LogP contribution in [0.15, 0.2) is 59.4 Å². The molecule has 0 radical (unpaired) electrons. The third-order valence-corrected chi connectivity index (χ3v) is 6.91. The molecule has 1 saturated heterocycles. The first-order valence-corrected chi connectivity index (χ1v) is 11.8. The number of anilines is 1. The first-order valence-electron chi connectivity index (χ1n) is 11.0. The summed E-state index contributed by atoms with van der Waals surface area (Å²) in [6, 6.07) is 15.5. The van der Waals surface area contributed by atoms with Crippen molar-refractivity contribution >= 4 is 38.9 Å². The molecule has 0 spiro atoms. The number of para-hydroxylation sites is 2. The number of aromatic nitrogens is 2. The third-order valence-electron chi connectivity index (χ3n) is 5.93. The van der Waals surface area contributed by atoms with Crippen LogP contribution < -0.4 is 15.8 Å². The second kappa shape index (κ2) is 9.29. The fourth-order valence-corrected chi connectivity index (χ4v) is 5.12. The number of fused-ring (bicyclic) bond motifs is 3. The topological polar surface area (TPSA) is 70.0 Å². The van der Waals surface area contributed by atoms with Gasteiger partial charge in [-0.05, 0) is 49.4 Å². The Morgan fingerprint density at radius 3 is 2.61 bits per heavy atom. The predicted octanol–water partition coefficient (Wildman–Crippen LogP) is 2.99. The Balaban J connectivity index is 1.12.